The van der Waals surface area contributed by atoms with Gasteiger partial charge in [-0.25, -0.2) is 33.7 Å². The lowest BCUT2D eigenvalue weighted by Crippen LogP contribution is -2.32. The van der Waals surface area contributed by atoms with Crippen molar-refractivity contribution in [3.63, 3.8) is 0 Å². The van der Waals surface area contributed by atoms with Gasteiger partial charge in [-0.15, -0.1) is 0 Å². The molecule has 26 nitrogen and oxygen atoms in total. The van der Waals surface area contributed by atoms with E-state index in [1.54, 1.807) is 58.4 Å². The van der Waals surface area contributed by atoms with E-state index in [-0.39, 0.29) is 100 Å². The zero-order chi connectivity index (χ0) is 64.3. The monoisotopic (exact) mass is 1310 g/mol. The van der Waals surface area contributed by atoms with Crippen LogP contribution in [0.5, 0.6) is 0 Å². The van der Waals surface area contributed by atoms with Crippen LogP contribution in [-0.4, -0.2) is 219 Å². The molecule has 0 saturated carbocycles. The van der Waals surface area contributed by atoms with E-state index in [0.29, 0.717) is 131 Å². The van der Waals surface area contributed by atoms with E-state index in [9.17, 15) is 61.8 Å². The van der Waals surface area contributed by atoms with E-state index in [1.807, 2.05) is 16.4 Å². The van der Waals surface area contributed by atoms with Gasteiger partial charge in [0.1, 0.15) is 47.0 Å². The number of carboxylic acid groups (broad SMARTS) is 1. The fraction of sp³-hybridized carbons (Fsp3) is 0.552. The van der Waals surface area contributed by atoms with E-state index in [4.69, 9.17) is 47.4 Å². The van der Waals surface area contributed by atoms with Crippen molar-refractivity contribution >= 4 is 85.1 Å². The predicted octanol–water partition coefficient (Wildman–Crippen LogP) is 4.66. The van der Waals surface area contributed by atoms with Crippen molar-refractivity contribution in [1.82, 2.24) is 0 Å². The third kappa shape index (κ3) is 19.3. The highest BCUT2D eigenvalue weighted by atomic mass is 32.2. The molecule has 0 amide bonds. The van der Waals surface area contributed by atoms with Gasteiger partial charge in [-0.3, -0.25) is 4.79 Å². The van der Waals surface area contributed by atoms with Crippen molar-refractivity contribution < 1.29 is 114 Å². The highest BCUT2D eigenvalue weighted by molar-refractivity contribution is 7.87. The minimum absolute atomic E-state index is 0.0132. The molecule has 88 heavy (non-hydrogen) atoms. The average molecular weight is 1310 g/mol. The summed E-state index contributed by atoms with van der Waals surface area (Å²) < 4.78 is 210. The maximum absolute atomic E-state index is 12.9. The lowest BCUT2D eigenvalue weighted by atomic mass is 9.76. The smallest absolute Gasteiger partial charge is 0.303 e. The first-order valence-corrected chi connectivity index (χ1v) is 34.0. The number of ether oxygens (including phenoxy) is 10. The summed E-state index contributed by atoms with van der Waals surface area (Å²) in [6, 6.07) is 9.09. The van der Waals surface area contributed by atoms with Gasteiger partial charge >= 0.3 is 5.97 Å². The first-order chi connectivity index (χ1) is 41.7. The lowest BCUT2D eigenvalue weighted by molar-refractivity contribution is -0.438. The fourth-order valence-corrected chi connectivity index (χ4v) is 13.4. The molecule has 0 bridgehead atoms. The number of allylic oxidation sites excluding steroid dienone is 4. The topological polar surface area (TPSA) is 365 Å². The van der Waals surface area contributed by atoms with Gasteiger partial charge in [-0.2, -0.15) is 4.58 Å². The molecule has 490 valence electrons. The molecule has 2 heterocycles. The Hall–Kier alpha value is -4.94. The van der Waals surface area contributed by atoms with Crippen molar-refractivity contribution in [2.45, 2.75) is 83.3 Å². The first-order valence-electron chi connectivity index (χ1n) is 28.4. The van der Waals surface area contributed by atoms with Gasteiger partial charge in [-0.1, -0.05) is 12.1 Å². The van der Waals surface area contributed by atoms with E-state index >= 15 is 0 Å². The number of fused-ring (bicyclic) bond motifs is 6. The number of unbranched alkanes of at least 4 members (excludes halogenated alkanes) is 2. The van der Waals surface area contributed by atoms with Crippen LogP contribution in [-0.2, 0) is 103 Å². The molecule has 0 saturated heterocycles. The van der Waals surface area contributed by atoms with Crippen molar-refractivity contribution in [3.05, 3.63) is 83.6 Å². The molecule has 4 aromatic carbocycles. The van der Waals surface area contributed by atoms with E-state index in [2.05, 4.69) is 0 Å². The molecule has 0 aliphatic carbocycles. The van der Waals surface area contributed by atoms with Crippen LogP contribution in [0.15, 0.2) is 92.0 Å². The van der Waals surface area contributed by atoms with Crippen LogP contribution in [0, 0.1) is 0 Å². The molecule has 2 aliphatic rings. The van der Waals surface area contributed by atoms with Gasteiger partial charge in [0.15, 0.2) is 5.71 Å². The summed E-state index contributed by atoms with van der Waals surface area (Å²) >= 11 is 0. The Kier molecular flexibility index (Phi) is 26.9. The fourth-order valence-electron chi connectivity index (χ4n) is 10.8. The molecular weight excluding hydrogens is 1240 g/mol. The molecule has 1 N–H and O–H groups in total. The van der Waals surface area contributed by atoms with Crippen molar-refractivity contribution in [2.24, 2.45) is 0 Å². The van der Waals surface area contributed by atoms with E-state index < -0.39 is 76.9 Å². The Bertz CT molecular complexity index is 3610. The number of aliphatic carboxylic acids is 1. The summed E-state index contributed by atoms with van der Waals surface area (Å²) in [5.41, 5.74) is 0.308. The minimum atomic E-state index is -5.41. The number of hydrogen-bond acceptors (Lipinski definition) is 24. The quantitative estimate of drug-likeness (QED) is 0.0358. The Morgan fingerprint density at radius 1 is 0.534 bits per heavy atom. The second kappa shape index (κ2) is 32.9. The highest BCUT2D eigenvalue weighted by Crippen LogP contribution is 2.54. The van der Waals surface area contributed by atoms with E-state index in [1.165, 1.54) is 12.1 Å². The third-order valence-electron chi connectivity index (χ3n) is 14.8. The van der Waals surface area contributed by atoms with Gasteiger partial charge in [-0.05, 0) is 104 Å². The summed E-state index contributed by atoms with van der Waals surface area (Å²) in [7, 11) is -18.3. The number of carboxylic acids is 1. The number of anilines is 1. The molecule has 1 atom stereocenters. The molecule has 0 aromatic heterocycles. The van der Waals surface area contributed by atoms with Crippen LogP contribution in [0.2, 0.25) is 0 Å². The van der Waals surface area contributed by atoms with Gasteiger partial charge < -0.3 is 75.6 Å². The van der Waals surface area contributed by atoms with Gasteiger partial charge in [0.25, 0.3) is 0 Å². The standard InChI is InChI=1S/C58H80N2O24S4/c1-57(2)52(59(18-8-6-7-12-54(61)62)48-15-13-44-46(55(48)57)38-42(85(63,64)65)40-50(44)87(69,70)71)10-9-11-53-58(3,17-20-77-26-28-81-32-30-79-24-22-75-4)56-47-39-43(86(66,67)68)41-51(88(72,73)74)45(47)14-16-49(56)60(53)19-21-78-27-29-82-34-35-84-37-36-83-33-31-80-25-23-76-5/h9-11,13-16,38-41H,6-8,12,17-37H2,1-5H3,(H4-,61,62,63,64,65,66,67,68,69,70,71,72,73,74)/p-3. The molecule has 4 aromatic rings. The lowest BCUT2D eigenvalue weighted by Gasteiger charge is -2.31. The second-order valence-electron chi connectivity index (χ2n) is 21.2. The number of nitrogens with zero attached hydrogens (tertiary/aromatic N) is 2. The molecule has 30 heteroatoms. The molecule has 2 aliphatic heterocycles. The van der Waals surface area contributed by atoms with Gasteiger partial charge in [0.2, 0.25) is 5.69 Å². The number of hydrogen-bond donors (Lipinski definition) is 1. The van der Waals surface area contributed by atoms with E-state index in [0.717, 1.165) is 12.1 Å². The van der Waals surface area contributed by atoms with Crippen molar-refractivity contribution in [3.8, 4) is 0 Å². The number of benzene rings is 4. The molecule has 0 radical (unpaired) electrons. The summed E-state index contributed by atoms with van der Waals surface area (Å²) in [5, 5.41) is 9.10. The van der Waals surface area contributed by atoms with Crippen LogP contribution in [0.3, 0.4) is 0 Å². The average Bonchev–Trinajstić information content (AvgIpc) is 1.70. The van der Waals surface area contributed by atoms with Gasteiger partial charge in [0.05, 0.1) is 137 Å². The molecule has 0 fully saturated rings. The zero-order valence-electron chi connectivity index (χ0n) is 49.9. The maximum Gasteiger partial charge on any atom is 0.303 e. The predicted molar refractivity (Wildman–Crippen MR) is 316 cm³/mol. The number of rotatable bonds is 42. The van der Waals surface area contributed by atoms with Crippen LogP contribution in [0.25, 0.3) is 21.5 Å². The second-order valence-corrected chi connectivity index (χ2v) is 26.6. The Morgan fingerprint density at radius 3 is 1.41 bits per heavy atom. The third-order valence-corrected chi connectivity index (χ3v) is 18.2. The van der Waals surface area contributed by atoms with Gasteiger partial charge in [0, 0.05) is 80.1 Å². The molecule has 0 spiro atoms. The normalized spacial score (nSPS) is 16.7. The zero-order valence-corrected chi connectivity index (χ0v) is 53.2. The summed E-state index contributed by atoms with van der Waals surface area (Å²) in [6.07, 6.45) is 6.53. The van der Waals surface area contributed by atoms with Crippen LogP contribution in [0.1, 0.15) is 64.0 Å². The highest BCUT2D eigenvalue weighted by Gasteiger charge is 2.47. The number of carbonyl (C=O) groups is 1. The minimum Gasteiger partial charge on any atom is -0.744 e. The van der Waals surface area contributed by atoms with Crippen LogP contribution < -0.4 is 4.90 Å². The van der Waals surface area contributed by atoms with Crippen molar-refractivity contribution in [2.75, 3.05) is 151 Å². The summed E-state index contributed by atoms with van der Waals surface area (Å²) in [6.45, 7) is 10.9. The molecular formula is C58H77N2O24S4-3. The SMILES string of the molecule is COCCOCCOCCOCCOCCOCCN1/C(=C/C=C/C2=[N+](CCCCCC(=O)O)c3ccc4c(S(=O)(=O)[O-])cc(S(=O)(=O)[O-])cc4c3C2(C)C)C(C)(CCOCCOCCOCCOC)c2c1ccc1c(S(=O)(=O)[O-])cc(S(=O)(=O)[O-])cc21. The Balaban J connectivity index is 1.41. The summed E-state index contributed by atoms with van der Waals surface area (Å²) in [4.78, 5) is 9.61. The number of methoxy groups -OCH3 is 2. The largest absolute Gasteiger partial charge is 0.744 e. The molecule has 6 rings (SSSR count). The molecule has 1 unspecified atom stereocenters. The first kappa shape index (κ1) is 72.1. The maximum atomic E-state index is 12.9. The Morgan fingerprint density at radius 2 is 0.966 bits per heavy atom. The van der Waals surface area contributed by atoms with Crippen LogP contribution >= 0.6 is 0 Å². The van der Waals surface area contributed by atoms with Crippen LogP contribution in [0.4, 0.5) is 11.4 Å². The Labute approximate surface area is 514 Å². The van der Waals surface area contributed by atoms with Crippen molar-refractivity contribution in [1.29, 1.82) is 0 Å². The summed E-state index contributed by atoms with van der Waals surface area (Å²) in [5.74, 6) is -0.977.